The van der Waals surface area contributed by atoms with Gasteiger partial charge in [0.05, 0.1) is 6.54 Å². The van der Waals surface area contributed by atoms with Crippen LogP contribution in [-0.4, -0.2) is 0 Å². The van der Waals surface area contributed by atoms with Gasteiger partial charge in [0.1, 0.15) is 11.3 Å². The van der Waals surface area contributed by atoms with Crippen LogP contribution in [0, 0.1) is 5.92 Å². The van der Waals surface area contributed by atoms with E-state index in [0.717, 1.165) is 24.2 Å². The van der Waals surface area contributed by atoms with E-state index in [1.54, 1.807) is 0 Å². The maximum absolute atomic E-state index is 5.88. The van der Waals surface area contributed by atoms with Gasteiger partial charge < -0.3 is 10.2 Å². The van der Waals surface area contributed by atoms with Crippen LogP contribution in [0.5, 0.6) is 0 Å². The molecule has 2 aromatic rings. The molecule has 1 aromatic heterocycles. The largest absolute Gasteiger partial charge is 0.459 e. The summed E-state index contributed by atoms with van der Waals surface area (Å²) in [6, 6.07) is 6.58. The Bertz CT molecular complexity index is 539. The van der Waals surface area contributed by atoms with Gasteiger partial charge in [0, 0.05) is 10.9 Å². The van der Waals surface area contributed by atoms with E-state index >= 15 is 0 Å². The molecule has 1 aromatic carbocycles. The Morgan fingerprint density at radius 3 is 2.68 bits per heavy atom. The minimum Gasteiger partial charge on any atom is -0.459 e. The van der Waals surface area contributed by atoms with Crippen LogP contribution >= 0.6 is 0 Å². The fourth-order valence-electron chi connectivity index (χ4n) is 2.58. The number of nitrogens with two attached hydrogens (primary N) is 1. The number of unbranched alkanes of at least 4 members (excludes halogenated alkanes) is 1. The van der Waals surface area contributed by atoms with Crippen molar-refractivity contribution in [2.75, 3.05) is 0 Å². The summed E-state index contributed by atoms with van der Waals surface area (Å²) in [5, 5.41) is 1.27. The molecule has 2 N–H and O–H groups in total. The molecule has 19 heavy (non-hydrogen) atoms. The van der Waals surface area contributed by atoms with E-state index in [-0.39, 0.29) is 0 Å². The van der Waals surface area contributed by atoms with Crippen molar-refractivity contribution in [2.24, 2.45) is 11.7 Å². The van der Waals surface area contributed by atoms with Gasteiger partial charge in [-0.15, -0.1) is 0 Å². The maximum atomic E-state index is 5.88. The predicted molar refractivity (Wildman–Crippen MR) is 81.3 cm³/mol. The smallest absolute Gasteiger partial charge is 0.134 e. The second-order valence-electron chi connectivity index (χ2n) is 5.74. The fourth-order valence-corrected chi connectivity index (χ4v) is 2.58. The lowest BCUT2D eigenvalue weighted by Gasteiger charge is -2.05. The van der Waals surface area contributed by atoms with Gasteiger partial charge in [0.25, 0.3) is 0 Å². The lowest BCUT2D eigenvalue weighted by Crippen LogP contribution is -2.01. The third kappa shape index (κ3) is 3.19. The van der Waals surface area contributed by atoms with Crippen molar-refractivity contribution in [2.45, 2.75) is 53.0 Å². The van der Waals surface area contributed by atoms with Gasteiger partial charge in [0.15, 0.2) is 0 Å². The Hall–Kier alpha value is -1.28. The molecule has 0 saturated carbocycles. The Labute approximate surface area is 116 Å². The van der Waals surface area contributed by atoms with Crippen LogP contribution in [-0.2, 0) is 19.4 Å². The topological polar surface area (TPSA) is 39.2 Å². The van der Waals surface area contributed by atoms with Crippen molar-refractivity contribution in [3.05, 3.63) is 35.1 Å². The summed E-state index contributed by atoms with van der Waals surface area (Å²) >= 11 is 0. The molecule has 1 heterocycles. The van der Waals surface area contributed by atoms with Crippen molar-refractivity contribution in [3.8, 4) is 0 Å². The maximum Gasteiger partial charge on any atom is 0.134 e. The van der Waals surface area contributed by atoms with Gasteiger partial charge in [-0.25, -0.2) is 0 Å². The van der Waals surface area contributed by atoms with E-state index in [9.17, 15) is 0 Å². The summed E-state index contributed by atoms with van der Waals surface area (Å²) < 4.78 is 5.88. The molecule has 0 amide bonds. The number of aryl methyl sites for hydroxylation is 1. The molecular weight excluding hydrogens is 234 g/mol. The van der Waals surface area contributed by atoms with E-state index in [1.807, 2.05) is 0 Å². The summed E-state index contributed by atoms with van der Waals surface area (Å²) in [5.41, 5.74) is 9.51. The number of furan rings is 1. The Kier molecular flexibility index (Phi) is 4.65. The average molecular weight is 259 g/mol. The number of hydrogen-bond donors (Lipinski definition) is 1. The third-order valence-corrected chi connectivity index (χ3v) is 3.56. The Morgan fingerprint density at radius 2 is 2.05 bits per heavy atom. The quantitative estimate of drug-likeness (QED) is 0.833. The number of rotatable bonds is 6. The van der Waals surface area contributed by atoms with Crippen molar-refractivity contribution in [1.29, 1.82) is 0 Å². The highest BCUT2D eigenvalue weighted by molar-refractivity contribution is 5.83. The monoisotopic (exact) mass is 259 g/mol. The lowest BCUT2D eigenvalue weighted by atomic mass is 9.98. The normalized spacial score (nSPS) is 11.6. The SMILES string of the molecule is CCCCc1ccc2oc(CN)c(CC(C)C)c2c1. The second-order valence-corrected chi connectivity index (χ2v) is 5.74. The number of benzene rings is 1. The standard InChI is InChI=1S/C17H25NO/c1-4-5-6-13-7-8-16-15(10-13)14(9-12(2)3)17(11-18)19-16/h7-8,10,12H,4-6,9,11,18H2,1-3H3. The highest BCUT2D eigenvalue weighted by atomic mass is 16.3. The Morgan fingerprint density at radius 1 is 1.26 bits per heavy atom. The first-order valence-corrected chi connectivity index (χ1v) is 7.39. The van der Waals surface area contributed by atoms with Crippen LogP contribution in [0.15, 0.2) is 22.6 Å². The average Bonchev–Trinajstić information content (AvgIpc) is 2.73. The molecule has 2 heteroatoms. The van der Waals surface area contributed by atoms with Crippen molar-refractivity contribution >= 4 is 11.0 Å². The van der Waals surface area contributed by atoms with E-state index in [1.165, 1.54) is 29.4 Å². The zero-order valence-electron chi connectivity index (χ0n) is 12.3. The lowest BCUT2D eigenvalue weighted by molar-refractivity contribution is 0.535. The number of fused-ring (bicyclic) bond motifs is 1. The molecule has 0 aliphatic rings. The van der Waals surface area contributed by atoms with Gasteiger partial charge >= 0.3 is 0 Å². The molecular formula is C17H25NO. The molecule has 0 unspecified atom stereocenters. The van der Waals surface area contributed by atoms with Crippen LogP contribution in [0.1, 0.15) is 50.5 Å². The second kappa shape index (κ2) is 6.25. The van der Waals surface area contributed by atoms with Crippen molar-refractivity contribution < 1.29 is 4.42 Å². The highest BCUT2D eigenvalue weighted by Crippen LogP contribution is 2.29. The molecule has 104 valence electrons. The number of hydrogen-bond acceptors (Lipinski definition) is 2. The summed E-state index contributed by atoms with van der Waals surface area (Å²) in [6.07, 6.45) is 4.66. The molecule has 2 nitrogen and oxygen atoms in total. The van der Waals surface area contributed by atoms with Gasteiger partial charge in [-0.1, -0.05) is 33.3 Å². The molecule has 0 atom stereocenters. The van der Waals surface area contributed by atoms with Crippen molar-refractivity contribution in [1.82, 2.24) is 0 Å². The predicted octanol–water partition coefficient (Wildman–Crippen LogP) is 4.43. The summed E-state index contributed by atoms with van der Waals surface area (Å²) in [5.74, 6) is 1.57. The minimum atomic E-state index is 0.487. The molecule has 0 spiro atoms. The van der Waals surface area contributed by atoms with Crippen LogP contribution in [0.2, 0.25) is 0 Å². The Balaban J connectivity index is 2.42. The molecule has 0 aliphatic heterocycles. The van der Waals surface area contributed by atoms with Gasteiger partial charge in [-0.05, 0) is 42.9 Å². The van der Waals surface area contributed by atoms with E-state index in [0.29, 0.717) is 12.5 Å². The first-order valence-electron chi connectivity index (χ1n) is 7.39. The highest BCUT2D eigenvalue weighted by Gasteiger charge is 2.14. The molecule has 0 saturated heterocycles. The molecule has 0 bridgehead atoms. The zero-order valence-corrected chi connectivity index (χ0v) is 12.3. The van der Waals surface area contributed by atoms with E-state index < -0.39 is 0 Å². The van der Waals surface area contributed by atoms with Crippen LogP contribution in [0.4, 0.5) is 0 Å². The first-order chi connectivity index (χ1) is 9.15. The van der Waals surface area contributed by atoms with Gasteiger partial charge in [-0.2, -0.15) is 0 Å². The van der Waals surface area contributed by atoms with Crippen molar-refractivity contribution in [3.63, 3.8) is 0 Å². The van der Waals surface area contributed by atoms with Gasteiger partial charge in [0.2, 0.25) is 0 Å². The van der Waals surface area contributed by atoms with Crippen LogP contribution < -0.4 is 5.73 Å². The summed E-state index contributed by atoms with van der Waals surface area (Å²) in [7, 11) is 0. The van der Waals surface area contributed by atoms with E-state index in [2.05, 4.69) is 39.0 Å². The van der Waals surface area contributed by atoms with Crippen LogP contribution in [0.25, 0.3) is 11.0 Å². The van der Waals surface area contributed by atoms with Crippen LogP contribution in [0.3, 0.4) is 0 Å². The molecule has 2 rings (SSSR count). The molecule has 0 radical (unpaired) electrons. The zero-order chi connectivity index (χ0) is 13.8. The summed E-state index contributed by atoms with van der Waals surface area (Å²) in [6.45, 7) is 7.19. The molecule has 0 fully saturated rings. The van der Waals surface area contributed by atoms with Gasteiger partial charge in [-0.3, -0.25) is 0 Å². The first kappa shape index (κ1) is 14.1. The third-order valence-electron chi connectivity index (χ3n) is 3.56. The fraction of sp³-hybridized carbons (Fsp3) is 0.529. The minimum absolute atomic E-state index is 0.487. The molecule has 0 aliphatic carbocycles. The summed E-state index contributed by atoms with van der Waals surface area (Å²) in [4.78, 5) is 0. The van der Waals surface area contributed by atoms with E-state index in [4.69, 9.17) is 10.2 Å².